The number of hydrogen-bond donors (Lipinski definition) is 1. The molecule has 0 unspecified atom stereocenters. The summed E-state index contributed by atoms with van der Waals surface area (Å²) < 4.78 is 39.3. The van der Waals surface area contributed by atoms with Gasteiger partial charge in [0.25, 0.3) is 0 Å². The Kier molecular flexibility index (Phi) is 4.75. The van der Waals surface area contributed by atoms with Gasteiger partial charge in [-0.15, -0.1) is 0 Å². The van der Waals surface area contributed by atoms with Crippen LogP contribution >= 0.6 is 0 Å². The number of hydrogen-bond acceptors (Lipinski definition) is 5. The van der Waals surface area contributed by atoms with Crippen molar-refractivity contribution in [2.24, 2.45) is 0 Å². The molecule has 1 N–H and O–H groups in total. The normalized spacial score (nSPS) is 10.6. The molecule has 0 aliphatic carbocycles. The van der Waals surface area contributed by atoms with Gasteiger partial charge in [-0.2, -0.15) is 8.78 Å². The van der Waals surface area contributed by atoms with Crippen LogP contribution in [0.25, 0.3) is 0 Å². The van der Waals surface area contributed by atoms with Gasteiger partial charge in [-0.25, -0.2) is 4.98 Å². The van der Waals surface area contributed by atoms with Crippen LogP contribution in [0.5, 0.6) is 11.5 Å². The molecule has 0 fully saturated rings. The van der Waals surface area contributed by atoms with E-state index in [-0.39, 0.29) is 11.5 Å². The number of aromatic nitrogens is 1. The summed E-state index contributed by atoms with van der Waals surface area (Å²) in [6.07, 6.45) is 2.92. The molecule has 0 saturated carbocycles. The predicted molar refractivity (Wildman–Crippen MR) is 68.1 cm³/mol. The molecule has 5 nitrogen and oxygen atoms in total. The first kappa shape index (κ1) is 14.1. The topological polar surface area (TPSA) is 56.5 Å². The van der Waals surface area contributed by atoms with Crippen LogP contribution < -0.4 is 14.8 Å². The molecule has 1 aromatic heterocycles. The molecule has 0 radical (unpaired) electrons. The van der Waals surface area contributed by atoms with E-state index in [0.29, 0.717) is 24.6 Å². The number of anilines is 1. The predicted octanol–water partition coefficient (Wildman–Crippen LogP) is 3.29. The number of oxazole rings is 1. The van der Waals surface area contributed by atoms with Crippen LogP contribution in [0, 0.1) is 0 Å². The maximum Gasteiger partial charge on any atom is 0.387 e. The first-order chi connectivity index (χ1) is 9.69. The van der Waals surface area contributed by atoms with Gasteiger partial charge in [-0.05, 0) is 19.1 Å². The molecular weight excluding hydrogens is 270 g/mol. The molecule has 20 heavy (non-hydrogen) atoms. The van der Waals surface area contributed by atoms with Crippen LogP contribution in [0.1, 0.15) is 12.7 Å². The molecule has 108 valence electrons. The Morgan fingerprint density at radius 1 is 1.35 bits per heavy atom. The minimum absolute atomic E-state index is 0.00654. The molecule has 0 aliphatic rings. The van der Waals surface area contributed by atoms with Crippen LogP contribution in [-0.2, 0) is 6.54 Å². The van der Waals surface area contributed by atoms with Gasteiger partial charge in [0.1, 0.15) is 5.76 Å². The highest BCUT2D eigenvalue weighted by atomic mass is 19.3. The summed E-state index contributed by atoms with van der Waals surface area (Å²) in [5.41, 5.74) is 0.700. The summed E-state index contributed by atoms with van der Waals surface area (Å²) in [4.78, 5) is 3.79. The summed E-state index contributed by atoms with van der Waals surface area (Å²) in [5, 5.41) is 3.07. The van der Waals surface area contributed by atoms with Gasteiger partial charge in [0.05, 0.1) is 19.3 Å². The number of ether oxygens (including phenoxy) is 2. The minimum atomic E-state index is -2.89. The fraction of sp³-hybridized carbons (Fsp3) is 0.308. The second-order valence-electron chi connectivity index (χ2n) is 3.79. The van der Waals surface area contributed by atoms with Crippen molar-refractivity contribution in [2.45, 2.75) is 20.1 Å². The summed E-state index contributed by atoms with van der Waals surface area (Å²) in [5.74, 6) is 0.929. The number of alkyl halides is 2. The Bertz CT molecular complexity index is 532. The lowest BCUT2D eigenvalue weighted by atomic mass is 10.2. The lowest BCUT2D eigenvalue weighted by Crippen LogP contribution is -2.05. The van der Waals surface area contributed by atoms with E-state index in [1.165, 1.54) is 12.5 Å². The van der Waals surface area contributed by atoms with Crippen molar-refractivity contribution in [2.75, 3.05) is 11.9 Å². The van der Waals surface area contributed by atoms with Gasteiger partial charge in [-0.1, -0.05) is 0 Å². The second kappa shape index (κ2) is 6.74. The Balaban J connectivity index is 2.08. The van der Waals surface area contributed by atoms with E-state index in [2.05, 4.69) is 15.0 Å². The number of benzene rings is 1. The number of nitrogens with one attached hydrogen (secondary N) is 1. The van der Waals surface area contributed by atoms with Gasteiger partial charge < -0.3 is 19.2 Å². The van der Waals surface area contributed by atoms with E-state index < -0.39 is 6.61 Å². The molecule has 0 bridgehead atoms. The third kappa shape index (κ3) is 3.84. The maximum atomic E-state index is 12.3. The number of halogens is 2. The van der Waals surface area contributed by atoms with Crippen LogP contribution in [-0.4, -0.2) is 18.2 Å². The summed E-state index contributed by atoms with van der Waals surface area (Å²) >= 11 is 0. The molecule has 0 spiro atoms. The smallest absolute Gasteiger partial charge is 0.387 e. The fourth-order valence-corrected chi connectivity index (χ4v) is 1.60. The molecule has 1 heterocycles. The molecule has 7 heteroatoms. The zero-order valence-electron chi connectivity index (χ0n) is 10.8. The van der Waals surface area contributed by atoms with E-state index in [0.717, 1.165) is 0 Å². The molecule has 0 atom stereocenters. The van der Waals surface area contributed by atoms with Gasteiger partial charge in [-0.3, -0.25) is 0 Å². The zero-order chi connectivity index (χ0) is 14.4. The van der Waals surface area contributed by atoms with Crippen LogP contribution in [0.15, 0.2) is 35.2 Å². The van der Waals surface area contributed by atoms with E-state index in [9.17, 15) is 8.78 Å². The molecule has 2 aromatic rings. The quantitative estimate of drug-likeness (QED) is 0.845. The average Bonchev–Trinajstić information content (AvgIpc) is 2.92. The summed E-state index contributed by atoms with van der Waals surface area (Å²) in [6, 6.07) is 4.65. The van der Waals surface area contributed by atoms with Gasteiger partial charge in [0, 0.05) is 11.8 Å². The minimum Gasteiger partial charge on any atom is -0.490 e. The largest absolute Gasteiger partial charge is 0.490 e. The number of nitrogens with zero attached hydrogens (tertiary/aromatic N) is 1. The van der Waals surface area contributed by atoms with E-state index in [1.807, 2.05) is 0 Å². The molecule has 1 aromatic carbocycles. The SMILES string of the molecule is CCOc1cc(NCc2cnco2)ccc1OC(F)F. The summed E-state index contributed by atoms with van der Waals surface area (Å²) in [7, 11) is 0. The molecule has 2 rings (SSSR count). The molecular formula is C13H14F2N2O3. The third-order valence-corrected chi connectivity index (χ3v) is 2.41. The van der Waals surface area contributed by atoms with Crippen molar-refractivity contribution in [3.8, 4) is 11.5 Å². The van der Waals surface area contributed by atoms with Gasteiger partial charge in [0.15, 0.2) is 17.9 Å². The standard InChI is InChI=1S/C13H14F2N2O3/c1-2-18-12-5-9(3-4-11(12)20-13(14)15)17-7-10-6-16-8-19-10/h3-6,8,13,17H,2,7H2,1H3. The third-order valence-electron chi connectivity index (χ3n) is 2.41. The maximum absolute atomic E-state index is 12.3. The molecule has 0 amide bonds. The van der Waals surface area contributed by atoms with Crippen molar-refractivity contribution in [1.82, 2.24) is 4.98 Å². The monoisotopic (exact) mass is 284 g/mol. The van der Waals surface area contributed by atoms with Crippen molar-refractivity contribution in [3.63, 3.8) is 0 Å². The highest BCUT2D eigenvalue weighted by Crippen LogP contribution is 2.31. The van der Waals surface area contributed by atoms with E-state index in [1.54, 1.807) is 25.3 Å². The van der Waals surface area contributed by atoms with Gasteiger partial charge in [0.2, 0.25) is 0 Å². The van der Waals surface area contributed by atoms with Crippen LogP contribution in [0.4, 0.5) is 14.5 Å². The fourth-order valence-electron chi connectivity index (χ4n) is 1.60. The lowest BCUT2D eigenvalue weighted by Gasteiger charge is -2.13. The Hall–Kier alpha value is -2.31. The highest BCUT2D eigenvalue weighted by Gasteiger charge is 2.11. The first-order valence-corrected chi connectivity index (χ1v) is 6.02. The van der Waals surface area contributed by atoms with Crippen molar-refractivity contribution < 1.29 is 22.7 Å². The zero-order valence-corrected chi connectivity index (χ0v) is 10.8. The average molecular weight is 284 g/mol. The van der Waals surface area contributed by atoms with Crippen molar-refractivity contribution >= 4 is 5.69 Å². The first-order valence-electron chi connectivity index (χ1n) is 6.02. The Labute approximate surface area is 114 Å². The second-order valence-corrected chi connectivity index (χ2v) is 3.79. The van der Waals surface area contributed by atoms with Crippen LogP contribution in [0.2, 0.25) is 0 Å². The highest BCUT2D eigenvalue weighted by molar-refractivity contribution is 5.54. The van der Waals surface area contributed by atoms with E-state index in [4.69, 9.17) is 9.15 Å². The van der Waals surface area contributed by atoms with Gasteiger partial charge >= 0.3 is 6.61 Å². The van der Waals surface area contributed by atoms with Crippen LogP contribution in [0.3, 0.4) is 0 Å². The lowest BCUT2D eigenvalue weighted by molar-refractivity contribution is -0.0514. The van der Waals surface area contributed by atoms with Crippen molar-refractivity contribution in [3.05, 3.63) is 36.5 Å². The number of rotatable bonds is 7. The molecule has 0 saturated heterocycles. The Morgan fingerprint density at radius 2 is 2.20 bits per heavy atom. The molecule has 0 aliphatic heterocycles. The van der Waals surface area contributed by atoms with Crippen molar-refractivity contribution in [1.29, 1.82) is 0 Å². The van der Waals surface area contributed by atoms with E-state index >= 15 is 0 Å². The summed E-state index contributed by atoms with van der Waals surface area (Å²) in [6.45, 7) is -0.339. The Morgan fingerprint density at radius 3 is 2.85 bits per heavy atom.